The maximum Gasteiger partial charge on any atom is 0.243 e. The molecule has 0 N–H and O–H groups in total. The Balaban J connectivity index is 2.17. The summed E-state index contributed by atoms with van der Waals surface area (Å²) in [5, 5.41) is 0. The Morgan fingerprint density at radius 3 is 1.10 bits per heavy atom. The largest absolute Gasteiger partial charge is 0.243 e. The number of benzene rings is 2. The van der Waals surface area contributed by atoms with Crippen LogP contribution >= 0.6 is 11.8 Å². The first-order valence-electron chi connectivity index (χ1n) is 9.58. The van der Waals surface area contributed by atoms with Crippen LogP contribution in [-0.4, -0.2) is 51.6 Å². The summed E-state index contributed by atoms with van der Waals surface area (Å²) in [4.78, 5) is 2.29. The third-order valence-electron chi connectivity index (χ3n) is 4.57. The Kier molecular flexibility index (Phi) is 8.30. The van der Waals surface area contributed by atoms with E-state index in [2.05, 4.69) is 0 Å². The second kappa shape index (κ2) is 10.1. The van der Waals surface area contributed by atoms with Gasteiger partial charge in [-0.05, 0) is 48.5 Å². The van der Waals surface area contributed by atoms with E-state index in [0.717, 1.165) is 9.79 Å². The Hall–Kier alpha value is -1.39. The predicted molar refractivity (Wildman–Crippen MR) is 117 cm³/mol. The molecule has 0 heterocycles. The van der Waals surface area contributed by atoms with E-state index in [1.165, 1.54) is 20.4 Å². The van der Waals surface area contributed by atoms with Gasteiger partial charge in [-0.25, -0.2) is 16.8 Å². The molecule has 9 heteroatoms. The van der Waals surface area contributed by atoms with Gasteiger partial charge in [0.15, 0.2) is 0 Å². The summed E-state index contributed by atoms with van der Waals surface area (Å²) in [6.07, 6.45) is 0. The van der Waals surface area contributed by atoms with Crippen LogP contribution < -0.4 is 0 Å². The van der Waals surface area contributed by atoms with Crippen LogP contribution in [0.4, 0.5) is 0 Å². The quantitative estimate of drug-likeness (QED) is 0.542. The summed E-state index contributed by atoms with van der Waals surface area (Å²) in [5.74, 6) is 0. The third kappa shape index (κ3) is 5.40. The molecule has 160 valence electrons. The van der Waals surface area contributed by atoms with Gasteiger partial charge in [0.1, 0.15) is 0 Å². The van der Waals surface area contributed by atoms with Crippen LogP contribution in [0.5, 0.6) is 0 Å². The van der Waals surface area contributed by atoms with Gasteiger partial charge in [-0.1, -0.05) is 39.5 Å². The number of sulfonamides is 2. The molecule has 2 rings (SSSR count). The van der Waals surface area contributed by atoms with Crippen molar-refractivity contribution in [2.45, 2.75) is 47.3 Å². The first-order valence-corrected chi connectivity index (χ1v) is 13.3. The summed E-state index contributed by atoms with van der Waals surface area (Å²) >= 11 is 1.45. The molecule has 0 spiro atoms. The summed E-state index contributed by atoms with van der Waals surface area (Å²) < 4.78 is 53.1. The van der Waals surface area contributed by atoms with Crippen LogP contribution in [0, 0.1) is 0 Å². The lowest BCUT2D eigenvalue weighted by Gasteiger charge is -2.18. The van der Waals surface area contributed by atoms with Crippen molar-refractivity contribution in [3.05, 3.63) is 48.5 Å². The molecule has 0 aromatic heterocycles. The van der Waals surface area contributed by atoms with Crippen molar-refractivity contribution in [2.24, 2.45) is 0 Å². The molecule has 0 atom stereocenters. The average molecular weight is 457 g/mol. The van der Waals surface area contributed by atoms with Crippen molar-refractivity contribution in [3.63, 3.8) is 0 Å². The van der Waals surface area contributed by atoms with Gasteiger partial charge in [0.05, 0.1) is 9.79 Å². The van der Waals surface area contributed by atoms with Gasteiger partial charge >= 0.3 is 0 Å². The SMILES string of the molecule is CCN(CC)S(=O)(=O)c1ccc(Sc2ccc(S(=O)(=O)N(CC)CC)cc2)cc1. The predicted octanol–water partition coefficient (Wildman–Crippen LogP) is 3.90. The van der Waals surface area contributed by atoms with E-state index in [-0.39, 0.29) is 9.79 Å². The molecule has 0 bridgehead atoms. The van der Waals surface area contributed by atoms with E-state index in [1.807, 2.05) is 27.7 Å². The van der Waals surface area contributed by atoms with Gasteiger partial charge < -0.3 is 0 Å². The Labute approximate surface area is 179 Å². The Bertz CT molecular complexity index is 911. The van der Waals surface area contributed by atoms with Crippen molar-refractivity contribution < 1.29 is 16.8 Å². The minimum Gasteiger partial charge on any atom is -0.207 e. The molecule has 0 radical (unpaired) electrons. The fourth-order valence-electron chi connectivity index (χ4n) is 2.92. The minimum absolute atomic E-state index is 0.270. The van der Waals surface area contributed by atoms with Gasteiger partial charge in [0.25, 0.3) is 0 Å². The molecule has 0 fully saturated rings. The monoisotopic (exact) mass is 456 g/mol. The molecule has 2 aromatic carbocycles. The molecule has 0 aliphatic rings. The second-order valence-electron chi connectivity index (χ2n) is 6.22. The number of nitrogens with zero attached hydrogens (tertiary/aromatic N) is 2. The molecule has 0 amide bonds. The van der Waals surface area contributed by atoms with E-state index in [4.69, 9.17) is 0 Å². The van der Waals surface area contributed by atoms with Crippen LogP contribution in [0.1, 0.15) is 27.7 Å². The smallest absolute Gasteiger partial charge is 0.207 e. The molecule has 0 aliphatic carbocycles. The van der Waals surface area contributed by atoms with E-state index in [9.17, 15) is 16.8 Å². The zero-order valence-corrected chi connectivity index (χ0v) is 19.6. The number of rotatable bonds is 10. The molecule has 6 nitrogen and oxygen atoms in total. The van der Waals surface area contributed by atoms with Crippen molar-refractivity contribution in [2.75, 3.05) is 26.2 Å². The molecule has 0 saturated carbocycles. The van der Waals surface area contributed by atoms with Gasteiger partial charge in [-0.15, -0.1) is 0 Å². The maximum atomic E-state index is 12.6. The van der Waals surface area contributed by atoms with Crippen molar-refractivity contribution >= 4 is 31.8 Å². The number of hydrogen-bond donors (Lipinski definition) is 0. The fraction of sp³-hybridized carbons (Fsp3) is 0.400. The van der Waals surface area contributed by atoms with Crippen LogP contribution in [0.15, 0.2) is 68.1 Å². The van der Waals surface area contributed by atoms with E-state index < -0.39 is 20.0 Å². The third-order valence-corrected chi connectivity index (χ3v) is 9.71. The highest BCUT2D eigenvalue weighted by Gasteiger charge is 2.22. The normalized spacial score (nSPS) is 12.6. The molecule has 0 unspecified atom stereocenters. The lowest BCUT2D eigenvalue weighted by Crippen LogP contribution is -2.30. The zero-order valence-electron chi connectivity index (χ0n) is 17.2. The summed E-state index contributed by atoms with van der Waals surface area (Å²) in [7, 11) is -6.95. The van der Waals surface area contributed by atoms with Crippen molar-refractivity contribution in [1.82, 2.24) is 8.61 Å². The first kappa shape index (κ1) is 23.9. The van der Waals surface area contributed by atoms with Crippen molar-refractivity contribution in [3.8, 4) is 0 Å². The molecular formula is C20H28N2O4S3. The maximum absolute atomic E-state index is 12.6. The highest BCUT2D eigenvalue weighted by molar-refractivity contribution is 7.99. The molecule has 0 saturated heterocycles. The standard InChI is InChI=1S/C20H28N2O4S3/c1-5-21(6-2)28(23,24)19-13-9-17(10-14-19)27-18-11-15-20(16-12-18)29(25,26)22(7-3)8-4/h9-16H,5-8H2,1-4H3. The van der Waals surface area contributed by atoms with Gasteiger partial charge in [0, 0.05) is 36.0 Å². The van der Waals surface area contributed by atoms with E-state index in [0.29, 0.717) is 26.2 Å². The molecule has 0 aliphatic heterocycles. The van der Waals surface area contributed by atoms with Crippen LogP contribution in [-0.2, 0) is 20.0 Å². The van der Waals surface area contributed by atoms with Crippen LogP contribution in [0.25, 0.3) is 0 Å². The van der Waals surface area contributed by atoms with Crippen molar-refractivity contribution in [1.29, 1.82) is 0 Å². The highest BCUT2D eigenvalue weighted by atomic mass is 32.2. The Morgan fingerprint density at radius 2 is 0.862 bits per heavy atom. The van der Waals surface area contributed by atoms with Crippen LogP contribution in [0.3, 0.4) is 0 Å². The molecular weight excluding hydrogens is 428 g/mol. The molecule has 2 aromatic rings. The van der Waals surface area contributed by atoms with E-state index >= 15 is 0 Å². The lowest BCUT2D eigenvalue weighted by atomic mass is 10.4. The summed E-state index contributed by atoms with van der Waals surface area (Å²) in [6.45, 7) is 8.97. The fourth-order valence-corrected chi connectivity index (χ4v) is 6.65. The first-order chi connectivity index (χ1) is 13.7. The lowest BCUT2D eigenvalue weighted by molar-refractivity contribution is 0.444. The molecule has 29 heavy (non-hydrogen) atoms. The van der Waals surface area contributed by atoms with Gasteiger partial charge in [-0.2, -0.15) is 8.61 Å². The highest BCUT2D eigenvalue weighted by Crippen LogP contribution is 2.30. The minimum atomic E-state index is -3.47. The topological polar surface area (TPSA) is 74.8 Å². The summed E-state index contributed by atoms with van der Waals surface area (Å²) in [5.41, 5.74) is 0. The van der Waals surface area contributed by atoms with E-state index in [1.54, 1.807) is 48.5 Å². The van der Waals surface area contributed by atoms with Crippen LogP contribution in [0.2, 0.25) is 0 Å². The second-order valence-corrected chi connectivity index (χ2v) is 11.2. The number of hydrogen-bond acceptors (Lipinski definition) is 5. The Morgan fingerprint density at radius 1 is 0.586 bits per heavy atom. The average Bonchev–Trinajstić information content (AvgIpc) is 2.70. The zero-order chi connectivity index (χ0) is 21.7. The van der Waals surface area contributed by atoms with Gasteiger partial charge in [0.2, 0.25) is 20.0 Å². The summed E-state index contributed by atoms with van der Waals surface area (Å²) in [6, 6.07) is 13.5. The van der Waals surface area contributed by atoms with Gasteiger partial charge in [-0.3, -0.25) is 0 Å².